The Bertz CT molecular complexity index is 1280. The van der Waals surface area contributed by atoms with Gasteiger partial charge in [0, 0.05) is 51.1 Å². The van der Waals surface area contributed by atoms with Crippen LogP contribution in [0.15, 0.2) is 36.4 Å². The summed E-state index contributed by atoms with van der Waals surface area (Å²) in [5.41, 5.74) is 2.70. The van der Waals surface area contributed by atoms with Crippen LogP contribution in [0.5, 0.6) is 0 Å². The molecule has 38 heavy (non-hydrogen) atoms. The van der Waals surface area contributed by atoms with Crippen LogP contribution in [-0.2, 0) is 16.4 Å². The van der Waals surface area contributed by atoms with Gasteiger partial charge in [0.1, 0.15) is 11.5 Å². The van der Waals surface area contributed by atoms with Gasteiger partial charge in [-0.2, -0.15) is 0 Å². The second-order valence-corrected chi connectivity index (χ2v) is 12.6. The fourth-order valence-corrected chi connectivity index (χ4v) is 6.23. The topological polar surface area (TPSA) is 103 Å². The number of pyridine rings is 1. The monoisotopic (exact) mass is 548 g/mol. The van der Waals surface area contributed by atoms with Crippen molar-refractivity contribution in [1.29, 1.82) is 0 Å². The number of benzene rings is 1. The van der Waals surface area contributed by atoms with Crippen molar-refractivity contribution in [3.63, 3.8) is 0 Å². The van der Waals surface area contributed by atoms with Gasteiger partial charge < -0.3 is 14.9 Å². The van der Waals surface area contributed by atoms with Gasteiger partial charge in [0.2, 0.25) is 10.0 Å². The summed E-state index contributed by atoms with van der Waals surface area (Å²) in [4.78, 5) is 21.8. The van der Waals surface area contributed by atoms with E-state index in [-0.39, 0.29) is 43.8 Å². The summed E-state index contributed by atoms with van der Waals surface area (Å²) in [6.07, 6.45) is 4.25. The van der Waals surface area contributed by atoms with Crippen molar-refractivity contribution in [2.75, 3.05) is 53.1 Å². The third-order valence-electron chi connectivity index (χ3n) is 8.03. The average molecular weight is 549 g/mol. The van der Waals surface area contributed by atoms with E-state index in [1.807, 2.05) is 0 Å². The van der Waals surface area contributed by atoms with Crippen molar-refractivity contribution in [3.8, 4) is 0 Å². The molecule has 0 amide bonds. The summed E-state index contributed by atoms with van der Waals surface area (Å²) in [5, 5.41) is 9.06. The highest BCUT2D eigenvalue weighted by Gasteiger charge is 2.44. The quantitative estimate of drug-likeness (QED) is 0.459. The number of nitrogens with zero attached hydrogens (tertiary/aromatic N) is 3. The molecule has 5 rings (SSSR count). The number of nitrogens with one attached hydrogen (secondary N) is 1. The molecule has 3 heterocycles. The van der Waals surface area contributed by atoms with Crippen LogP contribution in [0, 0.1) is 5.41 Å². The number of alkyl halides is 2. The second kappa shape index (κ2) is 10.4. The number of piperidine rings is 2. The van der Waals surface area contributed by atoms with Crippen LogP contribution < -0.4 is 14.5 Å². The molecule has 1 aromatic heterocycles. The molecular weight excluding hydrogens is 514 g/mol. The summed E-state index contributed by atoms with van der Waals surface area (Å²) >= 11 is 0. The maximum absolute atomic E-state index is 13.6. The number of aliphatic hydroxyl groups excluding tert-OH is 1. The van der Waals surface area contributed by atoms with E-state index < -0.39 is 28.3 Å². The zero-order valence-electron chi connectivity index (χ0n) is 21.3. The van der Waals surface area contributed by atoms with Gasteiger partial charge in [0.15, 0.2) is 5.78 Å². The van der Waals surface area contributed by atoms with Gasteiger partial charge in [-0.25, -0.2) is 22.2 Å². The first-order valence-corrected chi connectivity index (χ1v) is 14.8. The molecule has 2 aromatic rings. The van der Waals surface area contributed by atoms with Crippen molar-refractivity contribution in [3.05, 3.63) is 47.7 Å². The molecule has 1 aromatic carbocycles. The zero-order valence-corrected chi connectivity index (χ0v) is 22.2. The van der Waals surface area contributed by atoms with E-state index in [0.29, 0.717) is 16.9 Å². The van der Waals surface area contributed by atoms with Crippen molar-refractivity contribution < 1.29 is 27.1 Å². The van der Waals surface area contributed by atoms with Crippen LogP contribution in [0.1, 0.15) is 54.6 Å². The third-order valence-corrected chi connectivity index (χ3v) is 9.30. The first kappa shape index (κ1) is 26.8. The average Bonchev–Trinajstić information content (AvgIpc) is 3.64. The lowest BCUT2D eigenvalue weighted by Gasteiger charge is -2.35. The van der Waals surface area contributed by atoms with Gasteiger partial charge >= 0.3 is 0 Å². The number of anilines is 3. The van der Waals surface area contributed by atoms with Crippen molar-refractivity contribution >= 4 is 33.0 Å². The number of carbonyl (C=O) groups is 1. The van der Waals surface area contributed by atoms with Gasteiger partial charge in [-0.3, -0.25) is 9.52 Å². The maximum atomic E-state index is 13.6. The summed E-state index contributed by atoms with van der Waals surface area (Å²) in [6, 6.07) is 10.3. The summed E-state index contributed by atoms with van der Waals surface area (Å²) in [5.74, 6) is -2.73. The van der Waals surface area contributed by atoms with Gasteiger partial charge in [-0.1, -0.05) is 12.1 Å². The van der Waals surface area contributed by atoms with Gasteiger partial charge in [0.05, 0.1) is 18.0 Å². The Morgan fingerprint density at radius 2 is 1.66 bits per heavy atom. The van der Waals surface area contributed by atoms with E-state index in [9.17, 15) is 22.0 Å². The van der Waals surface area contributed by atoms with Crippen LogP contribution in [0.2, 0.25) is 0 Å². The third kappa shape index (κ3) is 6.26. The largest absolute Gasteiger partial charge is 0.395 e. The van der Waals surface area contributed by atoms with Gasteiger partial charge in [-0.15, -0.1) is 0 Å². The molecule has 0 bridgehead atoms. The standard InChI is InChI=1S/C27H34F2N4O4S/c28-27(29)10-14-33(15-11-27)25-3-1-2-22(30-25)24(35)18-20-4-5-21(31-38(36,37)17-16-34)19-23(20)32-12-8-26(6-7-26)9-13-32/h1-5,19,31,34H,6-18H2. The van der Waals surface area contributed by atoms with E-state index >= 15 is 0 Å². The molecule has 2 N–H and O–H groups in total. The van der Waals surface area contributed by atoms with Crippen LogP contribution in [-0.4, -0.2) is 68.8 Å². The molecular formula is C27H34F2N4O4S. The molecule has 1 spiro atoms. The summed E-state index contributed by atoms with van der Waals surface area (Å²) in [7, 11) is -3.69. The predicted octanol–water partition coefficient (Wildman–Crippen LogP) is 3.86. The lowest BCUT2D eigenvalue weighted by molar-refractivity contribution is -0.0221. The molecule has 206 valence electrons. The molecule has 2 saturated heterocycles. The Kier molecular flexibility index (Phi) is 7.34. The highest BCUT2D eigenvalue weighted by molar-refractivity contribution is 7.92. The summed E-state index contributed by atoms with van der Waals surface area (Å²) < 4.78 is 54.2. The number of carbonyl (C=O) groups excluding carboxylic acids is 1. The number of sulfonamides is 1. The van der Waals surface area contributed by atoms with Crippen LogP contribution in [0.4, 0.5) is 26.0 Å². The number of Topliss-reactive ketones (excluding diaryl/α,β-unsaturated/α-hetero) is 1. The van der Waals surface area contributed by atoms with Crippen LogP contribution in [0.3, 0.4) is 0 Å². The fourth-order valence-electron chi connectivity index (χ4n) is 5.40. The van der Waals surface area contributed by atoms with Crippen molar-refractivity contribution in [1.82, 2.24) is 4.98 Å². The number of hydrogen-bond donors (Lipinski definition) is 2. The predicted molar refractivity (Wildman–Crippen MR) is 143 cm³/mol. The van der Waals surface area contributed by atoms with Crippen LogP contribution >= 0.6 is 0 Å². The molecule has 3 aliphatic rings. The molecule has 1 aliphatic carbocycles. The van der Waals surface area contributed by atoms with Crippen molar-refractivity contribution in [2.45, 2.75) is 50.9 Å². The molecule has 11 heteroatoms. The molecule has 8 nitrogen and oxygen atoms in total. The van der Waals surface area contributed by atoms with Crippen LogP contribution in [0.25, 0.3) is 0 Å². The van der Waals surface area contributed by atoms with E-state index in [2.05, 4.69) is 14.6 Å². The van der Waals surface area contributed by atoms with E-state index in [1.54, 1.807) is 41.3 Å². The Morgan fingerprint density at radius 3 is 2.32 bits per heavy atom. The minimum atomic E-state index is -3.69. The molecule has 0 unspecified atom stereocenters. The fraction of sp³-hybridized carbons (Fsp3) is 0.556. The molecule has 2 aliphatic heterocycles. The highest BCUT2D eigenvalue weighted by atomic mass is 32.2. The Balaban J connectivity index is 1.36. The lowest BCUT2D eigenvalue weighted by Crippen LogP contribution is -2.39. The van der Waals surface area contributed by atoms with E-state index in [1.165, 1.54) is 12.8 Å². The lowest BCUT2D eigenvalue weighted by atomic mass is 9.92. The Hall–Kier alpha value is -2.79. The molecule has 1 saturated carbocycles. The molecule has 0 radical (unpaired) electrons. The summed E-state index contributed by atoms with van der Waals surface area (Å²) in [6.45, 7) is 1.56. The number of hydrogen-bond acceptors (Lipinski definition) is 7. The Labute approximate surface area is 222 Å². The smallest absolute Gasteiger partial charge is 0.251 e. The second-order valence-electron chi connectivity index (χ2n) is 10.8. The number of rotatable bonds is 9. The van der Waals surface area contributed by atoms with E-state index in [0.717, 1.165) is 37.2 Å². The molecule has 0 atom stereocenters. The first-order chi connectivity index (χ1) is 18.1. The molecule has 3 fully saturated rings. The number of ketones is 1. The highest BCUT2D eigenvalue weighted by Crippen LogP contribution is 2.54. The zero-order chi connectivity index (χ0) is 27.0. The first-order valence-electron chi connectivity index (χ1n) is 13.2. The number of aliphatic hydroxyl groups is 1. The minimum Gasteiger partial charge on any atom is -0.395 e. The maximum Gasteiger partial charge on any atom is 0.251 e. The minimum absolute atomic E-state index is 0.0785. The van der Waals surface area contributed by atoms with Gasteiger partial charge in [0.25, 0.3) is 5.92 Å². The number of halogens is 2. The van der Waals surface area contributed by atoms with Crippen molar-refractivity contribution in [2.24, 2.45) is 5.41 Å². The Morgan fingerprint density at radius 1 is 0.974 bits per heavy atom. The normalized spacial score (nSPS) is 20.4. The number of aromatic nitrogens is 1. The van der Waals surface area contributed by atoms with Gasteiger partial charge in [-0.05, 0) is 60.9 Å². The SMILES string of the molecule is O=C(Cc1ccc(NS(=O)(=O)CCO)cc1N1CCC2(CC1)CC2)c1cccc(N2CCC(F)(F)CC2)n1. The van der Waals surface area contributed by atoms with E-state index in [4.69, 9.17) is 5.11 Å².